The molecule has 0 amide bonds. The molecule has 8 nitrogen and oxygen atoms in total. The predicted molar refractivity (Wildman–Crippen MR) is 117 cm³/mol. The lowest BCUT2D eigenvalue weighted by Gasteiger charge is -2.29. The predicted octanol–water partition coefficient (Wildman–Crippen LogP) is 3.23. The fourth-order valence-electron chi connectivity index (χ4n) is 4.50. The Balaban J connectivity index is 1.71. The van der Waals surface area contributed by atoms with E-state index in [2.05, 4.69) is 21.6 Å². The van der Waals surface area contributed by atoms with Gasteiger partial charge < -0.3 is 33.9 Å². The number of aromatic nitrogens is 2. The summed E-state index contributed by atoms with van der Waals surface area (Å²) >= 11 is 0. The van der Waals surface area contributed by atoms with Crippen LogP contribution in [-0.4, -0.2) is 66.4 Å². The van der Waals surface area contributed by atoms with E-state index in [-0.39, 0.29) is 23.3 Å². The van der Waals surface area contributed by atoms with Gasteiger partial charge in [0.15, 0.2) is 11.5 Å². The molecule has 0 radical (unpaired) electrons. The average Bonchev–Trinajstić information content (AvgIpc) is 3.45. The van der Waals surface area contributed by atoms with Crippen LogP contribution in [0.3, 0.4) is 0 Å². The van der Waals surface area contributed by atoms with Gasteiger partial charge in [-0.05, 0) is 37.6 Å². The van der Waals surface area contributed by atoms with Crippen molar-refractivity contribution in [2.75, 3.05) is 51.5 Å². The average molecular weight is 425 g/mol. The third-order valence-corrected chi connectivity index (χ3v) is 6.27. The summed E-state index contributed by atoms with van der Waals surface area (Å²) in [6.45, 7) is 6.27. The number of hydrogen-bond acceptors (Lipinski definition) is 7. The smallest absolute Gasteiger partial charge is 0.200 e. The van der Waals surface area contributed by atoms with Gasteiger partial charge in [-0.3, -0.25) is 0 Å². The van der Waals surface area contributed by atoms with Crippen LogP contribution >= 0.6 is 0 Å². The first-order chi connectivity index (χ1) is 15.1. The lowest BCUT2D eigenvalue weighted by atomic mass is 10.0. The van der Waals surface area contributed by atoms with E-state index in [0.29, 0.717) is 18.8 Å². The van der Waals surface area contributed by atoms with Gasteiger partial charge in [0, 0.05) is 36.5 Å². The number of anilines is 1. The van der Waals surface area contributed by atoms with Crippen LogP contribution in [0.5, 0.6) is 17.2 Å². The monoisotopic (exact) mass is 425 g/mol. The number of phenolic OH excluding ortho intramolecular Hbond substituents is 2. The van der Waals surface area contributed by atoms with Crippen molar-refractivity contribution in [3.8, 4) is 28.6 Å². The maximum atomic E-state index is 10.5. The zero-order chi connectivity index (χ0) is 21.5. The molecule has 1 aromatic heterocycles. The number of phenols is 2. The van der Waals surface area contributed by atoms with Crippen molar-refractivity contribution < 1.29 is 24.4 Å². The number of rotatable bonds is 4. The molecule has 2 saturated heterocycles. The van der Waals surface area contributed by atoms with Crippen LogP contribution in [0, 0.1) is 6.92 Å². The number of morpholine rings is 1. The Labute approximate surface area is 180 Å². The molecule has 164 valence electrons. The molecular formula is C23H27N3O5. The fourth-order valence-corrected chi connectivity index (χ4v) is 4.50. The molecule has 2 aliphatic rings. The number of nitrogens with zero attached hydrogens (tertiary/aromatic N) is 3. The van der Waals surface area contributed by atoms with E-state index < -0.39 is 0 Å². The zero-order valence-corrected chi connectivity index (χ0v) is 17.8. The van der Waals surface area contributed by atoms with Gasteiger partial charge in [-0.25, -0.2) is 4.98 Å². The maximum Gasteiger partial charge on any atom is 0.200 e. The van der Waals surface area contributed by atoms with Gasteiger partial charge in [0.1, 0.15) is 5.82 Å². The van der Waals surface area contributed by atoms with Crippen LogP contribution in [0.2, 0.25) is 0 Å². The largest absolute Gasteiger partial charge is 0.504 e. The molecule has 0 spiro atoms. The summed E-state index contributed by atoms with van der Waals surface area (Å²) in [6, 6.07) is 8.20. The van der Waals surface area contributed by atoms with Crippen molar-refractivity contribution in [3.63, 3.8) is 0 Å². The number of aromatic hydroxyl groups is 2. The molecule has 3 aromatic rings. The van der Waals surface area contributed by atoms with Crippen molar-refractivity contribution in [2.24, 2.45) is 0 Å². The summed E-state index contributed by atoms with van der Waals surface area (Å²) in [5.41, 5.74) is 4.33. The molecule has 1 atom stereocenters. The van der Waals surface area contributed by atoms with Crippen LogP contribution < -0.4 is 9.64 Å². The van der Waals surface area contributed by atoms with E-state index in [1.54, 1.807) is 13.0 Å². The highest BCUT2D eigenvalue weighted by Gasteiger charge is 2.27. The van der Waals surface area contributed by atoms with Crippen molar-refractivity contribution in [2.45, 2.75) is 19.4 Å². The van der Waals surface area contributed by atoms with Crippen molar-refractivity contribution in [3.05, 3.63) is 29.8 Å². The van der Waals surface area contributed by atoms with E-state index in [4.69, 9.17) is 19.2 Å². The van der Waals surface area contributed by atoms with E-state index in [1.165, 1.54) is 7.11 Å². The second kappa shape index (κ2) is 7.94. The van der Waals surface area contributed by atoms with Crippen LogP contribution in [0.25, 0.3) is 22.4 Å². The second-order valence-corrected chi connectivity index (χ2v) is 8.04. The lowest BCUT2D eigenvalue weighted by molar-refractivity contribution is 0.122. The number of ether oxygens (including phenoxy) is 3. The summed E-state index contributed by atoms with van der Waals surface area (Å²) in [6.07, 6.45) is 0.889. The molecule has 1 unspecified atom stereocenters. The first-order valence-electron chi connectivity index (χ1n) is 10.6. The number of hydrogen-bond donors (Lipinski definition) is 2. The molecule has 0 aliphatic carbocycles. The SMILES string of the molecule is COc1cc(-c2nc3ccc(N4CCOCC4)cc3n2C2CCOC2)c(C)c(O)c1O. The number of benzene rings is 2. The van der Waals surface area contributed by atoms with E-state index in [9.17, 15) is 10.2 Å². The van der Waals surface area contributed by atoms with Crippen molar-refractivity contribution >= 4 is 16.7 Å². The molecular weight excluding hydrogens is 398 g/mol. The maximum absolute atomic E-state index is 10.5. The number of methoxy groups -OCH3 is 1. The van der Waals surface area contributed by atoms with Crippen molar-refractivity contribution in [1.82, 2.24) is 9.55 Å². The Kier molecular flexibility index (Phi) is 5.11. The molecule has 3 heterocycles. The molecule has 2 fully saturated rings. The highest BCUT2D eigenvalue weighted by molar-refractivity contribution is 5.86. The topological polar surface area (TPSA) is 89.2 Å². The quantitative estimate of drug-likeness (QED) is 0.621. The third-order valence-electron chi connectivity index (χ3n) is 6.27. The van der Waals surface area contributed by atoms with Gasteiger partial charge in [0.2, 0.25) is 5.75 Å². The first-order valence-corrected chi connectivity index (χ1v) is 10.6. The Bertz CT molecular complexity index is 1110. The molecule has 2 aromatic carbocycles. The van der Waals surface area contributed by atoms with Gasteiger partial charge in [-0.1, -0.05) is 0 Å². The molecule has 0 saturated carbocycles. The van der Waals surface area contributed by atoms with Gasteiger partial charge in [0.25, 0.3) is 0 Å². The summed E-state index contributed by atoms with van der Waals surface area (Å²) in [5.74, 6) is 0.499. The third kappa shape index (κ3) is 3.36. The van der Waals surface area contributed by atoms with E-state index >= 15 is 0 Å². The van der Waals surface area contributed by atoms with Crippen LogP contribution in [0.4, 0.5) is 5.69 Å². The molecule has 8 heteroatoms. The van der Waals surface area contributed by atoms with Gasteiger partial charge in [-0.15, -0.1) is 0 Å². The van der Waals surface area contributed by atoms with Crippen LogP contribution in [0.1, 0.15) is 18.0 Å². The summed E-state index contributed by atoms with van der Waals surface area (Å²) in [5, 5.41) is 20.7. The fraction of sp³-hybridized carbons (Fsp3) is 0.435. The normalized spacial score (nSPS) is 19.3. The summed E-state index contributed by atoms with van der Waals surface area (Å²) in [7, 11) is 1.47. The summed E-state index contributed by atoms with van der Waals surface area (Å²) in [4.78, 5) is 7.26. The number of fused-ring (bicyclic) bond motifs is 1. The van der Waals surface area contributed by atoms with Gasteiger partial charge >= 0.3 is 0 Å². The highest BCUT2D eigenvalue weighted by Crippen LogP contribution is 2.44. The standard InChI is InChI=1S/C23H27N3O5/c1-14-17(12-20(29-2)22(28)21(14)27)23-24-18-4-3-15(25-6-9-30-10-7-25)11-19(18)26(23)16-5-8-31-13-16/h3-4,11-12,16,27-28H,5-10,13H2,1-2H3. The molecule has 0 bridgehead atoms. The van der Waals surface area contributed by atoms with E-state index in [1.807, 2.05) is 6.07 Å². The molecule has 2 aliphatic heterocycles. The van der Waals surface area contributed by atoms with Gasteiger partial charge in [0.05, 0.1) is 44.0 Å². The van der Waals surface area contributed by atoms with Crippen LogP contribution in [-0.2, 0) is 9.47 Å². The minimum absolute atomic E-state index is 0.140. The lowest BCUT2D eigenvalue weighted by Crippen LogP contribution is -2.36. The van der Waals surface area contributed by atoms with Crippen LogP contribution in [0.15, 0.2) is 24.3 Å². The minimum atomic E-state index is -0.259. The Morgan fingerprint density at radius 1 is 1.06 bits per heavy atom. The highest BCUT2D eigenvalue weighted by atomic mass is 16.5. The van der Waals surface area contributed by atoms with E-state index in [0.717, 1.165) is 60.8 Å². The molecule has 2 N–H and O–H groups in total. The van der Waals surface area contributed by atoms with Gasteiger partial charge in [-0.2, -0.15) is 0 Å². The number of imidazole rings is 1. The second-order valence-electron chi connectivity index (χ2n) is 8.04. The first kappa shape index (κ1) is 20.0. The Morgan fingerprint density at radius 2 is 1.87 bits per heavy atom. The summed E-state index contributed by atoms with van der Waals surface area (Å²) < 4.78 is 18.7. The van der Waals surface area contributed by atoms with Crippen molar-refractivity contribution in [1.29, 1.82) is 0 Å². The molecule has 5 rings (SSSR count). The molecule has 31 heavy (non-hydrogen) atoms. The zero-order valence-electron chi connectivity index (χ0n) is 17.8. The Hall–Kier alpha value is -2.97. The minimum Gasteiger partial charge on any atom is -0.504 e. The Morgan fingerprint density at radius 3 is 2.58 bits per heavy atom.